The van der Waals surface area contributed by atoms with E-state index in [0.717, 1.165) is 23.7 Å². The lowest BCUT2D eigenvalue weighted by atomic mass is 10.1. The number of halogens is 1. The van der Waals surface area contributed by atoms with Gasteiger partial charge in [0.1, 0.15) is 0 Å². The van der Waals surface area contributed by atoms with Gasteiger partial charge in [0.25, 0.3) is 0 Å². The molecule has 17 heavy (non-hydrogen) atoms. The quantitative estimate of drug-likeness (QED) is 0.429. The van der Waals surface area contributed by atoms with Gasteiger partial charge in [0.2, 0.25) is 0 Å². The Labute approximate surface area is 117 Å². The van der Waals surface area contributed by atoms with Crippen LogP contribution in [0.3, 0.4) is 0 Å². The van der Waals surface area contributed by atoms with Gasteiger partial charge in [-0.1, -0.05) is 46.9 Å². The van der Waals surface area contributed by atoms with Crippen molar-refractivity contribution in [1.29, 1.82) is 0 Å². The van der Waals surface area contributed by atoms with Crippen molar-refractivity contribution < 1.29 is 9.53 Å². The Morgan fingerprint density at radius 2 is 1.76 bits per heavy atom. The second-order valence-electron chi connectivity index (χ2n) is 3.91. The first kappa shape index (κ1) is 14.5. The Morgan fingerprint density at radius 3 is 2.29 bits per heavy atom. The summed E-state index contributed by atoms with van der Waals surface area (Å²) < 4.78 is 6.04. The van der Waals surface area contributed by atoms with Crippen LogP contribution >= 0.6 is 22.6 Å². The van der Waals surface area contributed by atoms with E-state index >= 15 is 0 Å². The van der Waals surface area contributed by atoms with E-state index in [1.54, 1.807) is 0 Å². The van der Waals surface area contributed by atoms with Gasteiger partial charge in [-0.05, 0) is 37.3 Å². The molecule has 0 spiro atoms. The zero-order valence-corrected chi connectivity index (χ0v) is 12.4. The average molecular weight is 346 g/mol. The lowest BCUT2D eigenvalue weighted by molar-refractivity contribution is -0.143. The minimum absolute atomic E-state index is 0.0889. The maximum absolute atomic E-state index is 11.1. The van der Waals surface area contributed by atoms with Gasteiger partial charge in [-0.3, -0.25) is 4.79 Å². The highest BCUT2D eigenvalue weighted by Gasteiger charge is 2.01. The predicted molar refractivity (Wildman–Crippen MR) is 78.6 cm³/mol. The first-order chi connectivity index (χ1) is 8.26. The fraction of sp³-hybridized carbons (Fsp3) is 0.500. The number of benzene rings is 1. The van der Waals surface area contributed by atoms with Gasteiger partial charge >= 0.3 is 5.97 Å². The van der Waals surface area contributed by atoms with Crippen molar-refractivity contribution in [2.75, 3.05) is 11.0 Å². The van der Waals surface area contributed by atoms with Crippen LogP contribution in [-0.2, 0) is 22.4 Å². The molecule has 0 bridgehead atoms. The third kappa shape index (κ3) is 6.05. The molecule has 1 rings (SSSR count). The highest BCUT2D eigenvalue weighted by atomic mass is 127. The molecule has 0 aliphatic heterocycles. The van der Waals surface area contributed by atoms with Crippen molar-refractivity contribution >= 4 is 28.6 Å². The number of hydrogen-bond donors (Lipinski definition) is 0. The van der Waals surface area contributed by atoms with Crippen LogP contribution in [0.5, 0.6) is 0 Å². The normalized spacial score (nSPS) is 10.2. The van der Waals surface area contributed by atoms with E-state index < -0.39 is 0 Å². The SMILES string of the molecule is CCOC(=O)CCCc1ccc(CCI)cc1. The van der Waals surface area contributed by atoms with E-state index in [-0.39, 0.29) is 5.97 Å². The van der Waals surface area contributed by atoms with Crippen molar-refractivity contribution in [2.24, 2.45) is 0 Å². The molecule has 0 N–H and O–H groups in total. The summed E-state index contributed by atoms with van der Waals surface area (Å²) in [6.45, 7) is 2.31. The first-order valence-electron chi connectivity index (χ1n) is 6.05. The number of ether oxygens (including phenoxy) is 1. The molecule has 0 amide bonds. The van der Waals surface area contributed by atoms with Crippen LogP contribution < -0.4 is 0 Å². The van der Waals surface area contributed by atoms with Gasteiger partial charge in [-0.15, -0.1) is 0 Å². The molecule has 0 aromatic heterocycles. The smallest absolute Gasteiger partial charge is 0.305 e. The Kier molecular flexibility index (Phi) is 7.24. The predicted octanol–water partition coefficient (Wildman–Crippen LogP) is 3.55. The minimum atomic E-state index is -0.0889. The molecule has 2 nitrogen and oxygen atoms in total. The summed E-state index contributed by atoms with van der Waals surface area (Å²) in [7, 11) is 0. The number of hydrogen-bond acceptors (Lipinski definition) is 2. The molecular formula is C14H19IO2. The van der Waals surface area contributed by atoms with Crippen LogP contribution in [0.1, 0.15) is 30.9 Å². The van der Waals surface area contributed by atoms with Crippen molar-refractivity contribution in [3.8, 4) is 0 Å². The van der Waals surface area contributed by atoms with Gasteiger partial charge in [-0.2, -0.15) is 0 Å². The Hall–Kier alpha value is -0.580. The highest BCUT2D eigenvalue weighted by Crippen LogP contribution is 2.09. The van der Waals surface area contributed by atoms with Gasteiger partial charge in [0, 0.05) is 10.8 Å². The van der Waals surface area contributed by atoms with E-state index in [1.165, 1.54) is 11.1 Å². The van der Waals surface area contributed by atoms with Crippen LogP contribution in [0.4, 0.5) is 0 Å². The van der Waals surface area contributed by atoms with Gasteiger partial charge in [0.05, 0.1) is 6.61 Å². The van der Waals surface area contributed by atoms with Crippen molar-refractivity contribution in [3.05, 3.63) is 35.4 Å². The van der Waals surface area contributed by atoms with Crippen molar-refractivity contribution in [3.63, 3.8) is 0 Å². The summed E-state index contributed by atoms with van der Waals surface area (Å²) in [5.41, 5.74) is 2.68. The fourth-order valence-corrected chi connectivity index (χ4v) is 2.27. The molecule has 0 fully saturated rings. The molecule has 0 aliphatic rings. The van der Waals surface area contributed by atoms with Gasteiger partial charge < -0.3 is 4.74 Å². The van der Waals surface area contributed by atoms with Crippen LogP contribution in [0, 0.1) is 0 Å². The van der Waals surface area contributed by atoms with Crippen LogP contribution in [-0.4, -0.2) is 17.0 Å². The molecular weight excluding hydrogens is 327 g/mol. The first-order valence-corrected chi connectivity index (χ1v) is 7.58. The molecule has 0 saturated carbocycles. The topological polar surface area (TPSA) is 26.3 Å². The number of carbonyl (C=O) groups is 1. The van der Waals surface area contributed by atoms with Crippen molar-refractivity contribution in [1.82, 2.24) is 0 Å². The summed E-state index contributed by atoms with van der Waals surface area (Å²) in [6.07, 6.45) is 3.46. The van der Waals surface area contributed by atoms with Gasteiger partial charge in [-0.25, -0.2) is 0 Å². The van der Waals surface area contributed by atoms with Gasteiger partial charge in [0.15, 0.2) is 0 Å². The van der Waals surface area contributed by atoms with Crippen LogP contribution in [0.2, 0.25) is 0 Å². The molecule has 1 aromatic carbocycles. The Balaban J connectivity index is 2.29. The summed E-state index contributed by atoms with van der Waals surface area (Å²) in [5, 5.41) is 0. The molecule has 0 heterocycles. The fourth-order valence-electron chi connectivity index (χ4n) is 1.65. The Morgan fingerprint density at radius 1 is 1.18 bits per heavy atom. The zero-order chi connectivity index (χ0) is 12.5. The maximum Gasteiger partial charge on any atom is 0.305 e. The zero-order valence-electron chi connectivity index (χ0n) is 10.2. The molecule has 1 aromatic rings. The lowest BCUT2D eigenvalue weighted by Gasteiger charge is -2.03. The summed E-state index contributed by atoms with van der Waals surface area (Å²) in [5.74, 6) is -0.0889. The molecule has 0 unspecified atom stereocenters. The second kappa shape index (κ2) is 8.50. The molecule has 0 radical (unpaired) electrons. The minimum Gasteiger partial charge on any atom is -0.466 e. The molecule has 3 heteroatoms. The number of alkyl halides is 1. The lowest BCUT2D eigenvalue weighted by Crippen LogP contribution is -2.04. The molecule has 0 aliphatic carbocycles. The van der Waals surface area contributed by atoms with E-state index in [4.69, 9.17) is 4.74 Å². The monoisotopic (exact) mass is 346 g/mol. The summed E-state index contributed by atoms with van der Waals surface area (Å²) in [4.78, 5) is 11.1. The number of carbonyl (C=O) groups excluding carboxylic acids is 1. The van der Waals surface area contributed by atoms with Crippen molar-refractivity contribution in [2.45, 2.75) is 32.6 Å². The third-order valence-electron chi connectivity index (χ3n) is 2.56. The number of esters is 1. The van der Waals surface area contributed by atoms with E-state index in [2.05, 4.69) is 46.9 Å². The molecule has 94 valence electrons. The average Bonchev–Trinajstić information content (AvgIpc) is 2.32. The largest absolute Gasteiger partial charge is 0.466 e. The summed E-state index contributed by atoms with van der Waals surface area (Å²) in [6, 6.07) is 8.68. The van der Waals surface area contributed by atoms with E-state index in [0.29, 0.717) is 13.0 Å². The second-order valence-corrected chi connectivity index (χ2v) is 4.99. The van der Waals surface area contributed by atoms with Crippen LogP contribution in [0.15, 0.2) is 24.3 Å². The summed E-state index contributed by atoms with van der Waals surface area (Å²) >= 11 is 2.39. The third-order valence-corrected chi connectivity index (χ3v) is 3.10. The highest BCUT2D eigenvalue weighted by molar-refractivity contribution is 14.1. The molecule has 0 saturated heterocycles. The van der Waals surface area contributed by atoms with Crippen LogP contribution in [0.25, 0.3) is 0 Å². The van der Waals surface area contributed by atoms with E-state index in [1.807, 2.05) is 6.92 Å². The molecule has 0 atom stereocenters. The Bertz CT molecular complexity index is 333. The number of rotatable bonds is 7. The maximum atomic E-state index is 11.1. The number of aryl methyl sites for hydroxylation is 2. The standard InChI is InChI=1S/C14H19IO2/c1-2-17-14(16)5-3-4-12-6-8-13(9-7-12)10-11-15/h6-9H,2-5,10-11H2,1H3. The van der Waals surface area contributed by atoms with E-state index in [9.17, 15) is 4.79 Å².